The molecule has 0 amide bonds. The first kappa shape index (κ1) is 14.5. The molecule has 0 aliphatic rings. The van der Waals surface area contributed by atoms with E-state index >= 15 is 0 Å². The van der Waals surface area contributed by atoms with E-state index in [1.165, 1.54) is 30.1 Å². The fourth-order valence-corrected chi connectivity index (χ4v) is 2.28. The molecule has 0 fully saturated rings. The van der Waals surface area contributed by atoms with Gasteiger partial charge in [0, 0.05) is 11.8 Å². The van der Waals surface area contributed by atoms with E-state index in [0.717, 1.165) is 5.75 Å². The maximum atomic E-state index is 13.3. The van der Waals surface area contributed by atoms with Gasteiger partial charge in [-0.05, 0) is 30.4 Å². The Bertz CT molecular complexity index is 661. The minimum Gasteiger partial charge on any atom is -0.383 e. The van der Waals surface area contributed by atoms with Crippen LogP contribution in [0.25, 0.3) is 0 Å². The van der Waals surface area contributed by atoms with Crippen LogP contribution in [0.5, 0.6) is 0 Å². The molecular formula is C14H14FN3OS. The molecular weight excluding hydrogens is 277 g/mol. The van der Waals surface area contributed by atoms with Gasteiger partial charge in [-0.15, -0.1) is 0 Å². The van der Waals surface area contributed by atoms with Crippen molar-refractivity contribution in [1.82, 2.24) is 9.97 Å². The Morgan fingerprint density at radius 1 is 1.40 bits per heavy atom. The molecule has 0 saturated carbocycles. The summed E-state index contributed by atoms with van der Waals surface area (Å²) in [6.07, 6.45) is 1.40. The smallest absolute Gasteiger partial charge is 0.198 e. The number of thioether (sulfide) groups is 1. The second-order valence-corrected chi connectivity index (χ2v) is 5.40. The van der Waals surface area contributed by atoms with Gasteiger partial charge in [0.15, 0.2) is 10.9 Å². The number of ketones is 1. The van der Waals surface area contributed by atoms with Crippen molar-refractivity contribution < 1.29 is 9.18 Å². The van der Waals surface area contributed by atoms with E-state index in [2.05, 4.69) is 9.97 Å². The third-order valence-electron chi connectivity index (χ3n) is 2.76. The number of nitrogens with two attached hydrogens (primary N) is 1. The van der Waals surface area contributed by atoms with E-state index in [9.17, 15) is 9.18 Å². The fraction of sp³-hybridized carbons (Fsp3) is 0.214. The zero-order valence-electron chi connectivity index (χ0n) is 11.2. The Balaban J connectivity index is 2.40. The number of hydrogen-bond acceptors (Lipinski definition) is 5. The molecule has 20 heavy (non-hydrogen) atoms. The van der Waals surface area contributed by atoms with Gasteiger partial charge in [-0.1, -0.05) is 24.8 Å². The highest BCUT2D eigenvalue weighted by atomic mass is 32.2. The van der Waals surface area contributed by atoms with Crippen LogP contribution in [0.4, 0.5) is 10.2 Å². The lowest BCUT2D eigenvalue weighted by atomic mass is 10.0. The molecule has 0 saturated heterocycles. The van der Waals surface area contributed by atoms with Crippen LogP contribution >= 0.6 is 11.8 Å². The second kappa shape index (κ2) is 6.00. The zero-order valence-corrected chi connectivity index (χ0v) is 12.0. The van der Waals surface area contributed by atoms with E-state index in [1.807, 2.05) is 6.92 Å². The molecule has 6 heteroatoms. The number of aromatic nitrogens is 2. The minimum absolute atomic E-state index is 0.115. The first-order chi connectivity index (χ1) is 9.52. The van der Waals surface area contributed by atoms with Gasteiger partial charge in [-0.3, -0.25) is 4.79 Å². The molecule has 2 rings (SSSR count). The zero-order chi connectivity index (χ0) is 14.7. The number of anilines is 1. The van der Waals surface area contributed by atoms with Gasteiger partial charge < -0.3 is 5.73 Å². The average molecular weight is 291 g/mol. The van der Waals surface area contributed by atoms with Crippen LogP contribution in [-0.4, -0.2) is 21.5 Å². The molecule has 0 atom stereocenters. The number of carbonyl (C=O) groups excluding carboxylic acids is 1. The standard InChI is InChI=1S/C14H14FN3OS/c1-3-20-14-17-7-11(13(16)18-14)12(19)10-6-9(15)5-4-8(10)2/h4-7H,3H2,1-2H3,(H2,16,17,18). The van der Waals surface area contributed by atoms with E-state index in [-0.39, 0.29) is 22.7 Å². The van der Waals surface area contributed by atoms with Crippen LogP contribution in [0, 0.1) is 12.7 Å². The van der Waals surface area contributed by atoms with Crippen LogP contribution in [0.2, 0.25) is 0 Å². The maximum absolute atomic E-state index is 13.3. The summed E-state index contributed by atoms with van der Waals surface area (Å²) in [5, 5.41) is 0.525. The number of rotatable bonds is 4. The summed E-state index contributed by atoms with van der Waals surface area (Å²) >= 11 is 1.44. The molecule has 104 valence electrons. The maximum Gasteiger partial charge on any atom is 0.198 e. The Morgan fingerprint density at radius 3 is 2.80 bits per heavy atom. The fourth-order valence-electron chi connectivity index (χ4n) is 1.74. The molecule has 0 bridgehead atoms. The Hall–Kier alpha value is -1.95. The third kappa shape index (κ3) is 2.96. The lowest BCUT2D eigenvalue weighted by Gasteiger charge is -2.07. The van der Waals surface area contributed by atoms with Crippen molar-refractivity contribution >= 4 is 23.4 Å². The molecule has 0 unspecified atom stereocenters. The minimum atomic E-state index is -0.461. The average Bonchev–Trinajstić information content (AvgIpc) is 2.41. The van der Waals surface area contributed by atoms with Gasteiger partial charge in [0.1, 0.15) is 11.6 Å². The van der Waals surface area contributed by atoms with Crippen LogP contribution in [0.15, 0.2) is 29.6 Å². The third-order valence-corrected chi connectivity index (χ3v) is 3.50. The molecule has 0 spiro atoms. The molecule has 0 aliphatic heterocycles. The van der Waals surface area contributed by atoms with Gasteiger partial charge in [0.2, 0.25) is 0 Å². The van der Waals surface area contributed by atoms with Crippen LogP contribution in [0.1, 0.15) is 28.4 Å². The number of aryl methyl sites for hydroxylation is 1. The van der Waals surface area contributed by atoms with Crippen molar-refractivity contribution in [1.29, 1.82) is 0 Å². The summed E-state index contributed by atoms with van der Waals surface area (Å²) < 4.78 is 13.3. The van der Waals surface area contributed by atoms with Crippen molar-refractivity contribution in [3.63, 3.8) is 0 Å². The Labute approximate surface area is 120 Å². The van der Waals surface area contributed by atoms with Gasteiger partial charge >= 0.3 is 0 Å². The summed E-state index contributed by atoms with van der Waals surface area (Å²) in [7, 11) is 0. The van der Waals surface area contributed by atoms with Gasteiger partial charge in [-0.2, -0.15) is 0 Å². The summed E-state index contributed by atoms with van der Waals surface area (Å²) in [6.45, 7) is 3.71. The lowest BCUT2D eigenvalue weighted by molar-refractivity contribution is 0.103. The first-order valence-corrected chi connectivity index (χ1v) is 7.07. The highest BCUT2D eigenvalue weighted by Gasteiger charge is 2.17. The second-order valence-electron chi connectivity index (χ2n) is 4.17. The molecule has 0 radical (unpaired) electrons. The lowest BCUT2D eigenvalue weighted by Crippen LogP contribution is -2.10. The number of carbonyl (C=O) groups is 1. The van der Waals surface area contributed by atoms with Crippen molar-refractivity contribution in [3.8, 4) is 0 Å². The molecule has 4 nitrogen and oxygen atoms in total. The summed E-state index contributed by atoms with van der Waals surface area (Å²) in [6, 6.07) is 4.07. The summed E-state index contributed by atoms with van der Waals surface area (Å²) in [5.74, 6) is 0.101. The highest BCUT2D eigenvalue weighted by molar-refractivity contribution is 7.99. The number of benzene rings is 1. The molecule has 2 aromatic rings. The Kier molecular flexibility index (Phi) is 4.34. The van der Waals surface area contributed by atoms with Crippen molar-refractivity contribution in [3.05, 3.63) is 46.9 Å². The molecule has 1 aromatic heterocycles. The molecule has 1 aromatic carbocycles. The summed E-state index contributed by atoms with van der Waals surface area (Å²) in [5.41, 5.74) is 6.95. The van der Waals surface area contributed by atoms with Crippen molar-refractivity contribution in [2.24, 2.45) is 0 Å². The van der Waals surface area contributed by atoms with E-state index in [1.54, 1.807) is 13.0 Å². The molecule has 0 aliphatic carbocycles. The first-order valence-electron chi connectivity index (χ1n) is 6.09. The Morgan fingerprint density at radius 2 is 2.15 bits per heavy atom. The quantitative estimate of drug-likeness (QED) is 0.533. The van der Waals surface area contributed by atoms with Crippen LogP contribution in [0.3, 0.4) is 0 Å². The monoisotopic (exact) mass is 291 g/mol. The van der Waals surface area contributed by atoms with Crippen LogP contribution < -0.4 is 5.73 Å². The number of hydrogen-bond donors (Lipinski definition) is 1. The van der Waals surface area contributed by atoms with E-state index in [4.69, 9.17) is 5.73 Å². The topological polar surface area (TPSA) is 68.9 Å². The normalized spacial score (nSPS) is 10.6. The summed E-state index contributed by atoms with van der Waals surface area (Å²) in [4.78, 5) is 20.5. The molecule has 1 heterocycles. The number of halogens is 1. The SMILES string of the molecule is CCSc1ncc(C(=O)c2cc(F)ccc2C)c(N)n1. The van der Waals surface area contributed by atoms with E-state index < -0.39 is 5.82 Å². The number of nitrogen functional groups attached to an aromatic ring is 1. The number of nitrogens with zero attached hydrogens (tertiary/aromatic N) is 2. The van der Waals surface area contributed by atoms with Crippen molar-refractivity contribution in [2.45, 2.75) is 19.0 Å². The molecule has 2 N–H and O–H groups in total. The highest BCUT2D eigenvalue weighted by Crippen LogP contribution is 2.20. The van der Waals surface area contributed by atoms with Gasteiger partial charge in [0.05, 0.1) is 5.56 Å². The van der Waals surface area contributed by atoms with E-state index in [0.29, 0.717) is 10.7 Å². The predicted molar refractivity (Wildman–Crippen MR) is 77.4 cm³/mol. The van der Waals surface area contributed by atoms with Crippen LogP contribution in [-0.2, 0) is 0 Å². The predicted octanol–water partition coefficient (Wildman–Crippen LogP) is 2.85. The van der Waals surface area contributed by atoms with Gasteiger partial charge in [-0.25, -0.2) is 14.4 Å². The van der Waals surface area contributed by atoms with Gasteiger partial charge in [0.25, 0.3) is 0 Å². The largest absolute Gasteiger partial charge is 0.383 e. The van der Waals surface area contributed by atoms with Crippen molar-refractivity contribution in [2.75, 3.05) is 11.5 Å².